The molecule has 0 aromatic heterocycles. The first-order valence-corrected chi connectivity index (χ1v) is 8.53. The van der Waals surface area contributed by atoms with Crippen LogP contribution in [0.1, 0.15) is 32.3 Å². The molecule has 1 rings (SSSR count). The fourth-order valence-corrected chi connectivity index (χ4v) is 3.53. The summed E-state index contributed by atoms with van der Waals surface area (Å²) < 4.78 is 24.5. The van der Waals surface area contributed by atoms with Gasteiger partial charge in [0.2, 0.25) is 0 Å². The number of hydrogen-bond donors (Lipinski definition) is 0. The summed E-state index contributed by atoms with van der Waals surface area (Å²) in [6, 6.07) is 8.49. The van der Waals surface area contributed by atoms with Crippen LogP contribution in [-0.2, 0) is 9.84 Å². The van der Waals surface area contributed by atoms with Gasteiger partial charge in [-0.3, -0.25) is 0 Å². The molecule has 0 heterocycles. The quantitative estimate of drug-likeness (QED) is 0.775. The van der Waals surface area contributed by atoms with Gasteiger partial charge in [-0.15, -0.1) is 0 Å². The van der Waals surface area contributed by atoms with Crippen LogP contribution in [0.25, 0.3) is 0 Å². The summed E-state index contributed by atoms with van der Waals surface area (Å²) in [5, 5.41) is 8.72. The van der Waals surface area contributed by atoms with Crippen LogP contribution in [0, 0.1) is 11.3 Å². The Morgan fingerprint density at radius 1 is 1.20 bits per heavy atom. The van der Waals surface area contributed by atoms with Gasteiger partial charge in [0.1, 0.15) is 0 Å². The van der Waals surface area contributed by atoms with Crippen LogP contribution in [0.2, 0.25) is 0 Å². The highest BCUT2D eigenvalue weighted by atomic mass is 32.2. The van der Waals surface area contributed by atoms with Crippen molar-refractivity contribution >= 4 is 9.84 Å². The van der Waals surface area contributed by atoms with E-state index in [4.69, 9.17) is 5.26 Å². The van der Waals surface area contributed by atoms with E-state index in [2.05, 4.69) is 18.7 Å². The predicted molar refractivity (Wildman–Crippen MR) is 80.2 cm³/mol. The van der Waals surface area contributed by atoms with E-state index in [1.807, 2.05) is 13.1 Å². The van der Waals surface area contributed by atoms with Crippen molar-refractivity contribution in [2.24, 2.45) is 0 Å². The maximum Gasteiger partial charge on any atom is 0.179 e. The summed E-state index contributed by atoms with van der Waals surface area (Å²) in [6.07, 6.45) is 2.04. The molecule has 0 spiro atoms. The van der Waals surface area contributed by atoms with E-state index in [0.29, 0.717) is 18.2 Å². The molecular formula is C15H22N2O2S. The van der Waals surface area contributed by atoms with Crippen LogP contribution in [0.4, 0.5) is 0 Å². The molecule has 0 radical (unpaired) electrons. The zero-order valence-corrected chi connectivity index (χ0v) is 13.2. The van der Waals surface area contributed by atoms with Crippen molar-refractivity contribution in [3.63, 3.8) is 0 Å². The molecule has 1 aromatic rings. The maximum absolute atomic E-state index is 12.2. The molecule has 0 amide bonds. The molecule has 4 nitrogen and oxygen atoms in total. The van der Waals surface area contributed by atoms with Crippen molar-refractivity contribution in [1.29, 1.82) is 5.26 Å². The SMILES string of the molecule is CCC(CC)N(C)CCS(=O)(=O)c1ccc(C#N)cc1. The second kappa shape index (κ2) is 7.41. The lowest BCUT2D eigenvalue weighted by Gasteiger charge is -2.25. The summed E-state index contributed by atoms with van der Waals surface area (Å²) in [5.41, 5.74) is 0.470. The van der Waals surface area contributed by atoms with E-state index >= 15 is 0 Å². The van der Waals surface area contributed by atoms with Gasteiger partial charge in [-0.1, -0.05) is 13.8 Å². The first-order valence-electron chi connectivity index (χ1n) is 6.87. The largest absolute Gasteiger partial charge is 0.302 e. The third-order valence-electron chi connectivity index (χ3n) is 3.62. The van der Waals surface area contributed by atoms with Crippen LogP contribution >= 0.6 is 0 Å². The molecule has 5 heteroatoms. The minimum absolute atomic E-state index is 0.103. The molecule has 0 saturated carbocycles. The minimum atomic E-state index is -3.28. The first-order chi connectivity index (χ1) is 9.44. The van der Waals surface area contributed by atoms with Crippen molar-refractivity contribution < 1.29 is 8.42 Å². The van der Waals surface area contributed by atoms with E-state index in [1.54, 1.807) is 0 Å². The standard InChI is InChI=1S/C15H22N2O2S/c1-4-14(5-2)17(3)10-11-20(18,19)15-8-6-13(12-16)7-9-15/h6-9,14H,4-5,10-11H2,1-3H3. The van der Waals surface area contributed by atoms with Gasteiger partial charge in [0, 0.05) is 12.6 Å². The van der Waals surface area contributed by atoms with Crippen LogP contribution in [0.3, 0.4) is 0 Å². The second-order valence-electron chi connectivity index (χ2n) is 4.91. The smallest absolute Gasteiger partial charge is 0.179 e. The summed E-state index contributed by atoms with van der Waals surface area (Å²) >= 11 is 0. The average molecular weight is 294 g/mol. The highest BCUT2D eigenvalue weighted by Gasteiger charge is 2.17. The fraction of sp³-hybridized carbons (Fsp3) is 0.533. The van der Waals surface area contributed by atoms with Gasteiger partial charge >= 0.3 is 0 Å². The van der Waals surface area contributed by atoms with E-state index in [0.717, 1.165) is 12.8 Å². The van der Waals surface area contributed by atoms with Crippen LogP contribution in [0.15, 0.2) is 29.2 Å². The third kappa shape index (κ3) is 4.32. The molecule has 0 aliphatic rings. The summed E-state index contributed by atoms with van der Waals surface area (Å²) in [7, 11) is -1.32. The molecule has 0 unspecified atom stereocenters. The van der Waals surface area contributed by atoms with Crippen molar-refractivity contribution in [3.05, 3.63) is 29.8 Å². The van der Waals surface area contributed by atoms with Gasteiger partial charge in [-0.2, -0.15) is 5.26 Å². The van der Waals surface area contributed by atoms with Gasteiger partial charge in [0.05, 0.1) is 22.3 Å². The molecule has 0 aliphatic carbocycles. The molecular weight excluding hydrogens is 272 g/mol. The first kappa shape index (κ1) is 16.7. The Morgan fingerprint density at radius 3 is 2.20 bits per heavy atom. The van der Waals surface area contributed by atoms with Crippen molar-refractivity contribution in [2.75, 3.05) is 19.3 Å². The highest BCUT2D eigenvalue weighted by Crippen LogP contribution is 2.13. The lowest BCUT2D eigenvalue weighted by Crippen LogP contribution is -2.34. The molecule has 0 saturated heterocycles. The molecule has 0 bridgehead atoms. The van der Waals surface area contributed by atoms with Crippen molar-refractivity contribution in [1.82, 2.24) is 4.90 Å². The summed E-state index contributed by atoms with van der Waals surface area (Å²) in [4.78, 5) is 2.38. The fourth-order valence-electron chi connectivity index (χ4n) is 2.21. The van der Waals surface area contributed by atoms with Gasteiger partial charge in [0.15, 0.2) is 9.84 Å². The summed E-state index contributed by atoms with van der Waals surface area (Å²) in [5.74, 6) is 0.103. The van der Waals surface area contributed by atoms with E-state index in [1.165, 1.54) is 24.3 Å². The van der Waals surface area contributed by atoms with E-state index in [9.17, 15) is 8.42 Å². The number of hydrogen-bond acceptors (Lipinski definition) is 4. The topological polar surface area (TPSA) is 61.2 Å². The van der Waals surface area contributed by atoms with E-state index < -0.39 is 9.84 Å². The number of benzene rings is 1. The number of rotatable bonds is 7. The van der Waals surface area contributed by atoms with E-state index in [-0.39, 0.29) is 10.6 Å². The second-order valence-corrected chi connectivity index (χ2v) is 7.02. The van der Waals surface area contributed by atoms with Crippen LogP contribution < -0.4 is 0 Å². The van der Waals surface area contributed by atoms with Crippen molar-refractivity contribution in [2.45, 2.75) is 37.6 Å². The Balaban J connectivity index is 2.72. The lowest BCUT2D eigenvalue weighted by atomic mass is 10.1. The zero-order chi connectivity index (χ0) is 15.2. The zero-order valence-electron chi connectivity index (χ0n) is 12.3. The molecule has 0 atom stereocenters. The number of nitriles is 1. The monoisotopic (exact) mass is 294 g/mol. The summed E-state index contributed by atoms with van der Waals surface area (Å²) in [6.45, 7) is 4.74. The maximum atomic E-state index is 12.2. The average Bonchev–Trinajstić information content (AvgIpc) is 2.46. The lowest BCUT2D eigenvalue weighted by molar-refractivity contribution is 0.242. The Kier molecular flexibility index (Phi) is 6.18. The number of sulfone groups is 1. The van der Waals surface area contributed by atoms with Gasteiger partial charge in [-0.25, -0.2) is 8.42 Å². The number of nitrogens with zero attached hydrogens (tertiary/aromatic N) is 2. The normalized spacial score (nSPS) is 11.8. The van der Waals surface area contributed by atoms with Crippen LogP contribution in [-0.4, -0.2) is 38.7 Å². The molecule has 0 fully saturated rings. The Morgan fingerprint density at radius 2 is 1.75 bits per heavy atom. The Labute approximate surface area is 121 Å². The predicted octanol–water partition coefficient (Wildman–Crippen LogP) is 2.45. The Bertz CT molecular complexity index is 555. The van der Waals surface area contributed by atoms with Gasteiger partial charge < -0.3 is 4.90 Å². The van der Waals surface area contributed by atoms with Crippen molar-refractivity contribution in [3.8, 4) is 6.07 Å². The third-order valence-corrected chi connectivity index (χ3v) is 5.33. The van der Waals surface area contributed by atoms with Gasteiger partial charge in [0.25, 0.3) is 0 Å². The molecule has 110 valence electrons. The molecule has 1 aromatic carbocycles. The Hall–Kier alpha value is -1.38. The molecule has 20 heavy (non-hydrogen) atoms. The van der Waals surface area contributed by atoms with Crippen LogP contribution in [0.5, 0.6) is 0 Å². The highest BCUT2D eigenvalue weighted by molar-refractivity contribution is 7.91. The molecule has 0 aliphatic heterocycles. The molecule has 0 N–H and O–H groups in total. The minimum Gasteiger partial charge on any atom is -0.302 e. The van der Waals surface area contributed by atoms with Gasteiger partial charge in [-0.05, 0) is 44.2 Å².